The number of carbonyl (C=O) groups is 1. The highest BCUT2D eigenvalue weighted by Gasteiger charge is 2.42. The van der Waals surface area contributed by atoms with Crippen LogP contribution in [0.2, 0.25) is 5.02 Å². The van der Waals surface area contributed by atoms with Gasteiger partial charge in [-0.15, -0.1) is 0 Å². The first kappa shape index (κ1) is 16.7. The Balaban J connectivity index is 1.56. The summed E-state index contributed by atoms with van der Waals surface area (Å²) in [6.45, 7) is 0.329. The van der Waals surface area contributed by atoms with Gasteiger partial charge in [0.2, 0.25) is 0 Å². The fourth-order valence-corrected chi connectivity index (χ4v) is 3.33. The van der Waals surface area contributed by atoms with E-state index >= 15 is 4.39 Å². The van der Waals surface area contributed by atoms with Crippen LogP contribution >= 0.6 is 11.6 Å². The second-order valence-electron chi connectivity index (χ2n) is 6.20. The average Bonchev–Trinajstić information content (AvgIpc) is 3.32. The molecule has 1 aromatic carbocycles. The highest BCUT2D eigenvalue weighted by atomic mass is 35.5. The first-order chi connectivity index (χ1) is 12.5. The molecule has 1 aliphatic heterocycles. The standard InChI is InChI=1S/C18H15ClFN5O/c19-15-3-1-2-14(9-15)18(20)5-7-24(10-18)17(26)13-4-6-22-16(8-13)25-12-21-11-23-25/h1-4,6,8-9,11-12H,5,7,10H2. The van der Waals surface area contributed by atoms with Crippen LogP contribution in [0.5, 0.6) is 0 Å². The Hall–Kier alpha value is -2.80. The van der Waals surface area contributed by atoms with Crippen molar-refractivity contribution < 1.29 is 9.18 Å². The molecule has 2 aromatic heterocycles. The van der Waals surface area contributed by atoms with Crippen LogP contribution in [0.15, 0.2) is 55.2 Å². The summed E-state index contributed by atoms with van der Waals surface area (Å²) in [5.74, 6) is 0.240. The zero-order valence-electron chi connectivity index (χ0n) is 13.7. The van der Waals surface area contributed by atoms with Crippen molar-refractivity contribution in [2.45, 2.75) is 12.1 Å². The van der Waals surface area contributed by atoms with E-state index in [0.717, 1.165) is 0 Å². The van der Waals surface area contributed by atoms with Gasteiger partial charge in [0.15, 0.2) is 11.5 Å². The minimum atomic E-state index is -1.59. The minimum Gasteiger partial charge on any atom is -0.335 e. The molecule has 1 unspecified atom stereocenters. The van der Waals surface area contributed by atoms with E-state index in [-0.39, 0.29) is 18.9 Å². The molecule has 0 N–H and O–H groups in total. The quantitative estimate of drug-likeness (QED) is 0.710. The molecule has 1 saturated heterocycles. The van der Waals surface area contributed by atoms with Gasteiger partial charge in [0.25, 0.3) is 5.91 Å². The number of likely N-dealkylation sites (tertiary alicyclic amines) is 1. The van der Waals surface area contributed by atoms with E-state index in [0.29, 0.717) is 28.5 Å². The summed E-state index contributed by atoms with van der Waals surface area (Å²) < 4.78 is 16.8. The van der Waals surface area contributed by atoms with Crippen LogP contribution in [0.4, 0.5) is 4.39 Å². The Morgan fingerprint density at radius 3 is 2.92 bits per heavy atom. The molecule has 3 heterocycles. The van der Waals surface area contributed by atoms with Crippen LogP contribution in [0, 0.1) is 0 Å². The minimum absolute atomic E-state index is 0.00679. The Morgan fingerprint density at radius 2 is 2.15 bits per heavy atom. The predicted octanol–water partition coefficient (Wildman–Crippen LogP) is 3.03. The number of amides is 1. The zero-order chi connectivity index (χ0) is 18.1. The average molecular weight is 372 g/mol. The number of aromatic nitrogens is 4. The topological polar surface area (TPSA) is 63.9 Å². The molecule has 1 fully saturated rings. The van der Waals surface area contributed by atoms with Crippen molar-refractivity contribution in [1.82, 2.24) is 24.6 Å². The normalized spacial score (nSPS) is 19.7. The largest absolute Gasteiger partial charge is 0.335 e. The van der Waals surface area contributed by atoms with Crippen molar-refractivity contribution in [3.63, 3.8) is 0 Å². The van der Waals surface area contributed by atoms with E-state index in [4.69, 9.17) is 11.6 Å². The van der Waals surface area contributed by atoms with Crippen molar-refractivity contribution in [1.29, 1.82) is 0 Å². The van der Waals surface area contributed by atoms with Gasteiger partial charge >= 0.3 is 0 Å². The molecular weight excluding hydrogens is 357 g/mol. The molecule has 1 atom stereocenters. The number of hydrogen-bond acceptors (Lipinski definition) is 4. The number of nitrogens with zero attached hydrogens (tertiary/aromatic N) is 5. The number of carbonyl (C=O) groups excluding carboxylic acids is 1. The summed E-state index contributed by atoms with van der Waals surface area (Å²) in [7, 11) is 0. The maximum absolute atomic E-state index is 15.4. The molecule has 132 valence electrons. The van der Waals surface area contributed by atoms with Crippen molar-refractivity contribution in [2.75, 3.05) is 13.1 Å². The Bertz CT molecular complexity index is 948. The van der Waals surface area contributed by atoms with Gasteiger partial charge in [-0.1, -0.05) is 23.7 Å². The van der Waals surface area contributed by atoms with Crippen molar-refractivity contribution >= 4 is 17.5 Å². The molecule has 0 spiro atoms. The van der Waals surface area contributed by atoms with Gasteiger partial charge in [-0.05, 0) is 29.8 Å². The molecule has 26 heavy (non-hydrogen) atoms. The van der Waals surface area contributed by atoms with Gasteiger partial charge in [-0.2, -0.15) is 5.10 Å². The molecule has 0 radical (unpaired) electrons. The van der Waals surface area contributed by atoms with Crippen LogP contribution in [0.25, 0.3) is 5.82 Å². The van der Waals surface area contributed by atoms with E-state index in [1.165, 1.54) is 28.4 Å². The third kappa shape index (κ3) is 3.06. The van der Waals surface area contributed by atoms with Crippen molar-refractivity contribution in [3.8, 4) is 5.82 Å². The molecule has 3 aromatic rings. The summed E-state index contributed by atoms with van der Waals surface area (Å²) >= 11 is 5.98. The summed E-state index contributed by atoms with van der Waals surface area (Å²) in [5, 5.41) is 4.48. The monoisotopic (exact) mass is 371 g/mol. The molecule has 0 saturated carbocycles. The van der Waals surface area contributed by atoms with E-state index < -0.39 is 5.67 Å². The molecule has 6 nitrogen and oxygen atoms in total. The molecule has 1 aliphatic rings. The van der Waals surface area contributed by atoms with Crippen LogP contribution in [-0.2, 0) is 5.67 Å². The number of benzene rings is 1. The number of rotatable bonds is 3. The molecular formula is C18H15ClFN5O. The molecule has 0 aliphatic carbocycles. The van der Waals surface area contributed by atoms with Crippen LogP contribution in [-0.4, -0.2) is 43.6 Å². The molecule has 8 heteroatoms. The highest BCUT2D eigenvalue weighted by Crippen LogP contribution is 2.37. The smallest absolute Gasteiger partial charge is 0.254 e. The summed E-state index contributed by atoms with van der Waals surface area (Å²) in [6, 6.07) is 9.97. The predicted molar refractivity (Wildman–Crippen MR) is 93.9 cm³/mol. The van der Waals surface area contributed by atoms with Gasteiger partial charge < -0.3 is 4.90 Å². The number of alkyl halides is 1. The summed E-state index contributed by atoms with van der Waals surface area (Å²) in [4.78, 5) is 22.4. The third-order valence-corrected chi connectivity index (χ3v) is 4.73. The highest BCUT2D eigenvalue weighted by molar-refractivity contribution is 6.30. The zero-order valence-corrected chi connectivity index (χ0v) is 14.5. The Labute approximate surface area is 154 Å². The first-order valence-corrected chi connectivity index (χ1v) is 8.48. The van der Waals surface area contributed by atoms with Gasteiger partial charge in [-0.3, -0.25) is 4.79 Å². The second kappa shape index (κ2) is 6.49. The fraction of sp³-hybridized carbons (Fsp3) is 0.222. The Morgan fingerprint density at radius 1 is 1.27 bits per heavy atom. The number of halogens is 2. The SMILES string of the molecule is O=C(c1ccnc(-n2cncn2)c1)N1CCC(F)(c2cccc(Cl)c2)C1. The molecule has 4 rings (SSSR count). The van der Waals surface area contributed by atoms with E-state index in [9.17, 15) is 4.79 Å². The van der Waals surface area contributed by atoms with E-state index in [2.05, 4.69) is 15.1 Å². The first-order valence-electron chi connectivity index (χ1n) is 8.10. The second-order valence-corrected chi connectivity index (χ2v) is 6.63. The van der Waals surface area contributed by atoms with Crippen molar-refractivity contribution in [3.05, 3.63) is 71.4 Å². The number of pyridine rings is 1. The lowest BCUT2D eigenvalue weighted by Gasteiger charge is -2.22. The molecule has 1 amide bonds. The third-order valence-electron chi connectivity index (χ3n) is 4.49. The maximum Gasteiger partial charge on any atom is 0.254 e. The Kier molecular flexibility index (Phi) is 4.16. The molecule has 0 bridgehead atoms. The van der Waals surface area contributed by atoms with Gasteiger partial charge in [-0.25, -0.2) is 19.0 Å². The lowest BCUT2D eigenvalue weighted by molar-refractivity contribution is 0.0750. The lowest BCUT2D eigenvalue weighted by atomic mass is 9.95. The van der Waals surface area contributed by atoms with Gasteiger partial charge in [0.05, 0.1) is 6.54 Å². The van der Waals surface area contributed by atoms with E-state index in [1.54, 1.807) is 36.4 Å². The van der Waals surface area contributed by atoms with Crippen molar-refractivity contribution in [2.24, 2.45) is 0 Å². The summed E-state index contributed by atoms with van der Waals surface area (Å²) in [6.07, 6.45) is 4.65. The van der Waals surface area contributed by atoms with Crippen LogP contribution < -0.4 is 0 Å². The fourth-order valence-electron chi connectivity index (χ4n) is 3.13. The number of hydrogen-bond donors (Lipinski definition) is 0. The van der Waals surface area contributed by atoms with E-state index in [1.807, 2.05) is 0 Å². The van der Waals surface area contributed by atoms with Crippen LogP contribution in [0.3, 0.4) is 0 Å². The van der Waals surface area contributed by atoms with Gasteiger partial charge in [0.1, 0.15) is 12.7 Å². The summed E-state index contributed by atoms with van der Waals surface area (Å²) in [5.41, 5.74) is -0.665. The van der Waals surface area contributed by atoms with Crippen LogP contribution in [0.1, 0.15) is 22.3 Å². The lowest BCUT2D eigenvalue weighted by Crippen LogP contribution is -2.32. The van der Waals surface area contributed by atoms with Gasteiger partial charge in [0, 0.05) is 29.7 Å². The maximum atomic E-state index is 15.4.